The van der Waals surface area contributed by atoms with Crippen LogP contribution in [0, 0.1) is 0 Å². The van der Waals surface area contributed by atoms with Crippen LogP contribution in [0.5, 0.6) is 0 Å². The largest absolute Gasteiger partial charge is 0.394 e. The maximum Gasteiger partial charge on any atom is 0.185 e. The number of hydrogen-bond acceptors (Lipinski definition) is 6. The van der Waals surface area contributed by atoms with Crippen LogP contribution in [-0.2, 0) is 9.47 Å². The molecule has 6 nitrogen and oxygen atoms in total. The summed E-state index contributed by atoms with van der Waals surface area (Å²) in [5.74, 6) is 0. The first-order chi connectivity index (χ1) is 6.56. The van der Waals surface area contributed by atoms with Crippen molar-refractivity contribution in [3.05, 3.63) is 0 Å². The monoisotopic (exact) mass is 210 g/mol. The third kappa shape index (κ3) is 4.32. The fraction of sp³-hybridized carbons (Fsp3) is 1.00. The van der Waals surface area contributed by atoms with Gasteiger partial charge in [-0.2, -0.15) is 0 Å². The molecule has 0 aliphatic heterocycles. The van der Waals surface area contributed by atoms with Crippen LogP contribution < -0.4 is 0 Å². The zero-order valence-electron chi connectivity index (χ0n) is 8.33. The number of ether oxygens (including phenoxy) is 2. The zero-order valence-corrected chi connectivity index (χ0v) is 8.33. The Hall–Kier alpha value is -0.240. The van der Waals surface area contributed by atoms with Gasteiger partial charge in [0.25, 0.3) is 0 Å². The highest BCUT2D eigenvalue weighted by Gasteiger charge is 2.25. The summed E-state index contributed by atoms with van der Waals surface area (Å²) in [6.07, 6.45) is -4.00. The Morgan fingerprint density at radius 2 is 1.71 bits per heavy atom. The fourth-order valence-corrected chi connectivity index (χ4v) is 0.871. The van der Waals surface area contributed by atoms with E-state index in [1.165, 1.54) is 14.0 Å². The summed E-state index contributed by atoms with van der Waals surface area (Å²) in [5.41, 5.74) is 0. The minimum Gasteiger partial charge on any atom is -0.394 e. The molecule has 0 rings (SSSR count). The molecule has 86 valence electrons. The Bertz CT molecular complexity index is 140. The van der Waals surface area contributed by atoms with Crippen molar-refractivity contribution in [3.63, 3.8) is 0 Å². The predicted octanol–water partition coefficient (Wildman–Crippen LogP) is -1.93. The summed E-state index contributed by atoms with van der Waals surface area (Å²) >= 11 is 0. The van der Waals surface area contributed by atoms with E-state index in [1.807, 2.05) is 0 Å². The van der Waals surface area contributed by atoms with Crippen molar-refractivity contribution in [1.29, 1.82) is 0 Å². The first-order valence-corrected chi connectivity index (χ1v) is 4.32. The average molecular weight is 210 g/mol. The topological polar surface area (TPSA) is 99.4 Å². The van der Waals surface area contributed by atoms with Gasteiger partial charge in [-0.25, -0.2) is 0 Å². The molecule has 0 aromatic rings. The lowest BCUT2D eigenvalue weighted by atomic mass is 10.2. The van der Waals surface area contributed by atoms with Gasteiger partial charge in [-0.05, 0) is 6.92 Å². The first-order valence-electron chi connectivity index (χ1n) is 4.32. The number of rotatable bonds is 7. The summed E-state index contributed by atoms with van der Waals surface area (Å²) in [4.78, 5) is 0. The molecule has 0 aliphatic carbocycles. The molecule has 0 amide bonds. The van der Waals surface area contributed by atoms with Gasteiger partial charge in [0.1, 0.15) is 12.2 Å². The van der Waals surface area contributed by atoms with E-state index >= 15 is 0 Å². The van der Waals surface area contributed by atoms with E-state index in [9.17, 15) is 5.11 Å². The fourth-order valence-electron chi connectivity index (χ4n) is 0.871. The molecule has 0 aromatic heterocycles. The van der Waals surface area contributed by atoms with E-state index in [2.05, 4.69) is 0 Å². The maximum absolute atomic E-state index is 9.18. The lowest BCUT2D eigenvalue weighted by molar-refractivity contribution is -0.230. The minimum atomic E-state index is -1.20. The Balaban J connectivity index is 4.13. The van der Waals surface area contributed by atoms with Gasteiger partial charge >= 0.3 is 0 Å². The van der Waals surface area contributed by atoms with Gasteiger partial charge in [0.2, 0.25) is 0 Å². The van der Waals surface area contributed by atoms with Gasteiger partial charge in [0.05, 0.1) is 19.3 Å². The molecule has 0 radical (unpaired) electrons. The van der Waals surface area contributed by atoms with Crippen molar-refractivity contribution < 1.29 is 29.9 Å². The van der Waals surface area contributed by atoms with Gasteiger partial charge in [-0.3, -0.25) is 0 Å². The summed E-state index contributed by atoms with van der Waals surface area (Å²) < 4.78 is 9.76. The molecule has 4 unspecified atom stereocenters. The smallest absolute Gasteiger partial charge is 0.185 e. The van der Waals surface area contributed by atoms with Crippen LogP contribution >= 0.6 is 0 Å². The number of aliphatic hydroxyl groups is 4. The van der Waals surface area contributed by atoms with Gasteiger partial charge in [0, 0.05) is 7.11 Å². The molecule has 14 heavy (non-hydrogen) atoms. The maximum atomic E-state index is 9.18. The van der Waals surface area contributed by atoms with Crippen LogP contribution in [-0.4, -0.2) is 65.4 Å². The Kier molecular flexibility index (Phi) is 6.98. The molecular formula is C8H18O6. The van der Waals surface area contributed by atoms with Gasteiger partial charge in [0.15, 0.2) is 6.29 Å². The van der Waals surface area contributed by atoms with Crippen LogP contribution in [0.15, 0.2) is 0 Å². The van der Waals surface area contributed by atoms with Crippen LogP contribution in [0.1, 0.15) is 6.92 Å². The average Bonchev–Trinajstić information content (AvgIpc) is 2.18. The number of aliphatic hydroxyl groups excluding tert-OH is 4. The molecule has 0 heterocycles. The van der Waals surface area contributed by atoms with Crippen LogP contribution in [0.25, 0.3) is 0 Å². The summed E-state index contributed by atoms with van der Waals surface area (Å²) in [6.45, 7) is 0.533. The molecule has 0 bridgehead atoms. The highest BCUT2D eigenvalue weighted by molar-refractivity contribution is 4.67. The van der Waals surface area contributed by atoms with Gasteiger partial charge < -0.3 is 29.9 Å². The molecular weight excluding hydrogens is 192 g/mol. The van der Waals surface area contributed by atoms with Crippen LogP contribution in [0.4, 0.5) is 0 Å². The van der Waals surface area contributed by atoms with Crippen molar-refractivity contribution >= 4 is 0 Å². The number of methoxy groups -OCH3 is 1. The molecule has 4 atom stereocenters. The highest BCUT2D eigenvalue weighted by atomic mass is 16.7. The second kappa shape index (κ2) is 7.10. The van der Waals surface area contributed by atoms with Crippen molar-refractivity contribution in [2.45, 2.75) is 31.5 Å². The molecule has 4 N–H and O–H groups in total. The van der Waals surface area contributed by atoms with Crippen LogP contribution in [0.3, 0.4) is 0 Å². The third-order valence-corrected chi connectivity index (χ3v) is 1.76. The second-order valence-corrected chi connectivity index (χ2v) is 2.95. The molecule has 0 aromatic carbocycles. The van der Waals surface area contributed by atoms with Gasteiger partial charge in [-0.1, -0.05) is 0 Å². The summed E-state index contributed by atoms with van der Waals surface area (Å²) in [5, 5.41) is 35.7. The molecule has 0 saturated carbocycles. The van der Waals surface area contributed by atoms with Gasteiger partial charge in [-0.15, -0.1) is 0 Å². The Labute approximate surface area is 82.7 Å². The van der Waals surface area contributed by atoms with Crippen molar-refractivity contribution in [2.75, 3.05) is 20.3 Å². The molecule has 0 aliphatic rings. The van der Waals surface area contributed by atoms with Crippen molar-refractivity contribution in [3.8, 4) is 0 Å². The lowest BCUT2D eigenvalue weighted by Gasteiger charge is -2.26. The lowest BCUT2D eigenvalue weighted by Crippen LogP contribution is -2.41. The first kappa shape index (κ1) is 13.8. The standard InChI is InChI=1S/C8H18O6/c1-5(11)7(4-10)14-8(13-2)6(12)3-9/h5-12H,3-4H2,1-2H3. The van der Waals surface area contributed by atoms with E-state index < -0.39 is 37.8 Å². The van der Waals surface area contributed by atoms with E-state index in [1.54, 1.807) is 0 Å². The zero-order chi connectivity index (χ0) is 11.1. The molecule has 6 heteroatoms. The predicted molar refractivity (Wildman–Crippen MR) is 47.5 cm³/mol. The normalized spacial score (nSPS) is 20.1. The van der Waals surface area contributed by atoms with Crippen LogP contribution in [0.2, 0.25) is 0 Å². The Morgan fingerprint density at radius 1 is 1.14 bits per heavy atom. The van der Waals surface area contributed by atoms with E-state index in [4.69, 9.17) is 24.8 Å². The molecule has 0 spiro atoms. The van der Waals surface area contributed by atoms with E-state index in [-0.39, 0.29) is 0 Å². The Morgan fingerprint density at radius 3 is 2.00 bits per heavy atom. The number of hydrogen-bond donors (Lipinski definition) is 4. The van der Waals surface area contributed by atoms with E-state index in [0.717, 1.165) is 0 Å². The minimum absolute atomic E-state index is 0.393. The molecule has 0 saturated heterocycles. The SMILES string of the molecule is COC(OC(CO)C(C)O)C(O)CO. The summed E-state index contributed by atoms with van der Waals surface area (Å²) in [7, 11) is 1.29. The quantitative estimate of drug-likeness (QED) is 0.365. The van der Waals surface area contributed by atoms with E-state index in [0.29, 0.717) is 0 Å². The van der Waals surface area contributed by atoms with Crippen molar-refractivity contribution in [1.82, 2.24) is 0 Å². The molecule has 0 fully saturated rings. The van der Waals surface area contributed by atoms with Crippen molar-refractivity contribution in [2.24, 2.45) is 0 Å². The third-order valence-electron chi connectivity index (χ3n) is 1.76. The highest BCUT2D eigenvalue weighted by Crippen LogP contribution is 2.07. The second-order valence-electron chi connectivity index (χ2n) is 2.95. The summed E-state index contributed by atoms with van der Waals surface area (Å²) in [6, 6.07) is 0.